The van der Waals surface area contributed by atoms with Crippen LogP contribution in [0, 0.1) is 0 Å². The third kappa shape index (κ3) is 11.1. The van der Waals surface area contributed by atoms with Gasteiger partial charge in [0.15, 0.2) is 6.29 Å². The van der Waals surface area contributed by atoms with Crippen LogP contribution in [0.2, 0.25) is 0 Å². The van der Waals surface area contributed by atoms with Crippen molar-refractivity contribution in [3.8, 4) is 0 Å². The molecule has 29 heavy (non-hydrogen) atoms. The second-order valence-electron chi connectivity index (χ2n) is 8.14. The van der Waals surface area contributed by atoms with Crippen molar-refractivity contribution >= 4 is 24.1 Å². The monoisotopic (exact) mass is 408 g/mol. The van der Waals surface area contributed by atoms with Gasteiger partial charge in [-0.05, 0) is 19.3 Å². The standard InChI is InChI=1S/C23H38NO5/c25-19-15-16-20(23(28)29)24-21(26)17-13-11-9-7-5-3-1-2-4-6-8-10-12-14-18-22(24)27/h20H,1-18H2,(H,28,29)/t20-/m0/s1. The Kier molecular flexibility index (Phi) is 14.1. The summed E-state index contributed by atoms with van der Waals surface area (Å²) < 4.78 is 0. The Morgan fingerprint density at radius 3 is 1.41 bits per heavy atom. The van der Waals surface area contributed by atoms with Crippen molar-refractivity contribution in [2.24, 2.45) is 0 Å². The number of hydrogen-bond donors (Lipinski definition) is 1. The van der Waals surface area contributed by atoms with Crippen LogP contribution >= 0.6 is 0 Å². The topological polar surface area (TPSA) is 91.8 Å². The molecule has 1 rings (SSSR count). The molecule has 1 heterocycles. The molecule has 0 spiro atoms. The SMILES string of the molecule is O=[C]CC[C@@H](C(=O)O)N1C(=O)CCCCCCCCCCCCCCCCC1=O. The number of amides is 2. The van der Waals surface area contributed by atoms with E-state index in [1.165, 1.54) is 38.5 Å². The van der Waals surface area contributed by atoms with Gasteiger partial charge in [0.05, 0.1) is 0 Å². The molecule has 0 aromatic carbocycles. The van der Waals surface area contributed by atoms with Crippen LogP contribution in [0.5, 0.6) is 0 Å². The lowest BCUT2D eigenvalue weighted by atomic mass is 10.0. The number of nitrogens with zero attached hydrogens (tertiary/aromatic N) is 1. The van der Waals surface area contributed by atoms with Gasteiger partial charge in [0.2, 0.25) is 11.8 Å². The Morgan fingerprint density at radius 1 is 0.759 bits per heavy atom. The fraction of sp³-hybridized carbons (Fsp3) is 0.826. The van der Waals surface area contributed by atoms with Crippen molar-refractivity contribution in [1.82, 2.24) is 4.90 Å². The number of carbonyl (C=O) groups is 3. The third-order valence-electron chi connectivity index (χ3n) is 5.69. The molecule has 1 radical (unpaired) electrons. The second-order valence-corrected chi connectivity index (χ2v) is 8.14. The van der Waals surface area contributed by atoms with Gasteiger partial charge in [0.25, 0.3) is 0 Å². The molecule has 0 saturated carbocycles. The molecule has 1 atom stereocenters. The maximum Gasteiger partial charge on any atom is 0.326 e. The summed E-state index contributed by atoms with van der Waals surface area (Å²) in [5.74, 6) is -2.09. The minimum Gasteiger partial charge on any atom is -0.480 e. The number of imide groups is 1. The summed E-state index contributed by atoms with van der Waals surface area (Å²) in [5.41, 5.74) is 0. The zero-order valence-electron chi connectivity index (χ0n) is 17.8. The summed E-state index contributed by atoms with van der Waals surface area (Å²) in [6.45, 7) is 0. The summed E-state index contributed by atoms with van der Waals surface area (Å²) in [5, 5.41) is 9.54. The largest absolute Gasteiger partial charge is 0.480 e. The van der Waals surface area contributed by atoms with Crippen LogP contribution in [-0.4, -0.2) is 40.1 Å². The highest BCUT2D eigenvalue weighted by molar-refractivity contribution is 5.99. The zero-order chi connectivity index (χ0) is 21.3. The molecule has 1 aliphatic heterocycles. The molecule has 1 aliphatic rings. The predicted molar refractivity (Wildman–Crippen MR) is 112 cm³/mol. The molecule has 0 aromatic heterocycles. The first-order valence-corrected chi connectivity index (χ1v) is 11.5. The van der Waals surface area contributed by atoms with Crippen LogP contribution in [0.25, 0.3) is 0 Å². The van der Waals surface area contributed by atoms with E-state index < -0.39 is 23.8 Å². The van der Waals surface area contributed by atoms with Crippen LogP contribution in [0.1, 0.15) is 116 Å². The van der Waals surface area contributed by atoms with Gasteiger partial charge in [-0.2, -0.15) is 0 Å². The minimum absolute atomic E-state index is 0.0731. The fourth-order valence-corrected chi connectivity index (χ4v) is 3.96. The molecule has 6 heteroatoms. The van der Waals surface area contributed by atoms with E-state index in [-0.39, 0.29) is 25.7 Å². The Morgan fingerprint density at radius 2 is 1.10 bits per heavy atom. The van der Waals surface area contributed by atoms with E-state index in [0.29, 0.717) is 12.8 Å². The van der Waals surface area contributed by atoms with Crippen LogP contribution in [-0.2, 0) is 19.2 Å². The average Bonchev–Trinajstić information content (AvgIpc) is 2.69. The van der Waals surface area contributed by atoms with Gasteiger partial charge < -0.3 is 5.11 Å². The van der Waals surface area contributed by atoms with E-state index in [9.17, 15) is 24.3 Å². The van der Waals surface area contributed by atoms with E-state index in [0.717, 1.165) is 43.4 Å². The number of hydrogen-bond acceptors (Lipinski definition) is 4. The first kappa shape index (κ1) is 25.3. The predicted octanol–water partition coefficient (Wildman–Crippen LogP) is 4.94. The van der Waals surface area contributed by atoms with E-state index in [1.54, 1.807) is 6.29 Å². The number of carbonyl (C=O) groups excluding carboxylic acids is 3. The molecule has 1 N–H and O–H groups in total. The first-order valence-electron chi connectivity index (χ1n) is 11.5. The Labute approximate surface area is 175 Å². The van der Waals surface area contributed by atoms with Crippen molar-refractivity contribution in [2.75, 3.05) is 0 Å². The van der Waals surface area contributed by atoms with Crippen molar-refractivity contribution in [3.63, 3.8) is 0 Å². The van der Waals surface area contributed by atoms with Gasteiger partial charge in [-0.25, -0.2) is 4.79 Å². The van der Waals surface area contributed by atoms with Crippen LogP contribution < -0.4 is 0 Å². The molecule has 1 fully saturated rings. The van der Waals surface area contributed by atoms with Gasteiger partial charge in [0.1, 0.15) is 6.04 Å². The summed E-state index contributed by atoms with van der Waals surface area (Å²) >= 11 is 0. The van der Waals surface area contributed by atoms with Gasteiger partial charge >= 0.3 is 5.97 Å². The molecule has 0 aliphatic carbocycles. The molecule has 0 unspecified atom stereocenters. The quantitative estimate of drug-likeness (QED) is 0.651. The molecule has 165 valence electrons. The molecule has 1 saturated heterocycles. The van der Waals surface area contributed by atoms with Gasteiger partial charge in [-0.3, -0.25) is 19.3 Å². The van der Waals surface area contributed by atoms with Crippen LogP contribution in [0.3, 0.4) is 0 Å². The lowest BCUT2D eigenvalue weighted by molar-refractivity contribution is -0.158. The van der Waals surface area contributed by atoms with Gasteiger partial charge in [0, 0.05) is 19.3 Å². The van der Waals surface area contributed by atoms with Gasteiger partial charge in [-0.1, -0.05) is 77.0 Å². The van der Waals surface area contributed by atoms with E-state index >= 15 is 0 Å². The van der Waals surface area contributed by atoms with Gasteiger partial charge in [-0.15, -0.1) is 0 Å². The van der Waals surface area contributed by atoms with E-state index in [1.807, 2.05) is 0 Å². The normalized spacial score (nSPS) is 20.9. The van der Waals surface area contributed by atoms with Crippen LogP contribution in [0.15, 0.2) is 0 Å². The van der Waals surface area contributed by atoms with E-state index in [4.69, 9.17) is 0 Å². The molecule has 2 amide bonds. The molecular weight excluding hydrogens is 370 g/mol. The Bertz CT molecular complexity index is 475. The third-order valence-corrected chi connectivity index (χ3v) is 5.69. The van der Waals surface area contributed by atoms with E-state index in [2.05, 4.69) is 0 Å². The number of carboxylic acid groups (broad SMARTS) is 1. The van der Waals surface area contributed by atoms with Crippen molar-refractivity contribution in [1.29, 1.82) is 0 Å². The van der Waals surface area contributed by atoms with Crippen molar-refractivity contribution in [3.05, 3.63) is 0 Å². The zero-order valence-corrected chi connectivity index (χ0v) is 17.8. The number of carboxylic acids is 1. The summed E-state index contributed by atoms with van der Waals surface area (Å²) in [4.78, 5) is 48.6. The number of rotatable bonds is 5. The smallest absolute Gasteiger partial charge is 0.326 e. The highest BCUT2D eigenvalue weighted by atomic mass is 16.4. The van der Waals surface area contributed by atoms with Crippen LogP contribution in [0.4, 0.5) is 0 Å². The van der Waals surface area contributed by atoms with Crippen molar-refractivity contribution in [2.45, 2.75) is 122 Å². The maximum atomic E-state index is 12.7. The highest BCUT2D eigenvalue weighted by Crippen LogP contribution is 2.18. The minimum atomic E-state index is -1.27. The Hall–Kier alpha value is -1.72. The summed E-state index contributed by atoms with van der Waals surface area (Å²) in [6, 6.07) is -1.27. The summed E-state index contributed by atoms with van der Waals surface area (Å²) in [7, 11) is 0. The lowest BCUT2D eigenvalue weighted by Gasteiger charge is -2.27. The summed E-state index contributed by atoms with van der Waals surface area (Å²) in [6.07, 6.45) is 17.0. The fourth-order valence-electron chi connectivity index (χ4n) is 3.96. The average molecular weight is 409 g/mol. The molecular formula is C23H38NO5. The molecule has 0 bridgehead atoms. The second kappa shape index (κ2) is 16.1. The lowest BCUT2D eigenvalue weighted by Crippen LogP contribution is -2.48. The Balaban J connectivity index is 2.74. The first-order chi connectivity index (χ1) is 14.1. The van der Waals surface area contributed by atoms with Crippen molar-refractivity contribution < 1.29 is 24.3 Å². The molecule has 6 nitrogen and oxygen atoms in total. The highest BCUT2D eigenvalue weighted by Gasteiger charge is 2.33. The number of aliphatic carboxylic acids is 1. The molecule has 0 aromatic rings. The maximum absolute atomic E-state index is 12.7.